The van der Waals surface area contributed by atoms with E-state index < -0.39 is 0 Å². The molecule has 0 radical (unpaired) electrons. The van der Waals surface area contributed by atoms with Crippen molar-refractivity contribution in [2.45, 2.75) is 39.5 Å². The van der Waals surface area contributed by atoms with Crippen molar-refractivity contribution in [1.82, 2.24) is 0 Å². The quantitative estimate of drug-likeness (QED) is 0.294. The normalized spacial score (nSPS) is 12.4. The van der Waals surface area contributed by atoms with Crippen molar-refractivity contribution in [2.75, 3.05) is 38.4 Å². The summed E-state index contributed by atoms with van der Waals surface area (Å²) in [6, 6.07) is 0. The van der Waals surface area contributed by atoms with Gasteiger partial charge in [-0.05, 0) is 12.8 Å². The Morgan fingerprint density at radius 2 is 1.68 bits per heavy atom. The van der Waals surface area contributed by atoms with Gasteiger partial charge in [0.1, 0.15) is 6.61 Å². The highest BCUT2D eigenvalue weighted by Crippen LogP contribution is 2.14. The third-order valence-electron chi connectivity index (χ3n) is 2.80. The second kappa shape index (κ2) is 14.3. The molecule has 19 heavy (non-hydrogen) atoms. The first-order chi connectivity index (χ1) is 9.26. The lowest BCUT2D eigenvalue weighted by Gasteiger charge is -2.13. The van der Waals surface area contributed by atoms with Crippen molar-refractivity contribution in [3.63, 3.8) is 0 Å². The van der Waals surface area contributed by atoms with Crippen molar-refractivity contribution in [1.29, 1.82) is 0 Å². The molecule has 0 fully saturated rings. The number of carbonyl (C=O) groups excluding carboxylic acids is 1. The lowest BCUT2D eigenvalue weighted by atomic mass is 10.00. The summed E-state index contributed by atoms with van der Waals surface area (Å²) in [5.74, 6) is -0.0442. The number of carbonyl (C=O) groups is 1. The van der Waals surface area contributed by atoms with E-state index in [2.05, 4.69) is 22.9 Å². The maximum absolute atomic E-state index is 11.7. The summed E-state index contributed by atoms with van der Waals surface area (Å²) in [4.78, 5) is 11.7. The Morgan fingerprint density at radius 3 is 2.26 bits per heavy atom. The molecule has 0 saturated heterocycles. The zero-order valence-corrected chi connectivity index (χ0v) is 13.7. The van der Waals surface area contributed by atoms with Gasteiger partial charge in [-0.25, -0.2) is 0 Å². The van der Waals surface area contributed by atoms with Crippen molar-refractivity contribution >= 4 is 21.9 Å². The van der Waals surface area contributed by atoms with Crippen LogP contribution in [-0.2, 0) is 19.0 Å². The van der Waals surface area contributed by atoms with Crippen molar-refractivity contribution in [3.05, 3.63) is 0 Å². The van der Waals surface area contributed by atoms with Gasteiger partial charge < -0.3 is 14.2 Å². The minimum Gasteiger partial charge on any atom is -0.463 e. The minimum absolute atomic E-state index is 0.0437. The Bertz CT molecular complexity index is 212. The number of esters is 1. The van der Waals surface area contributed by atoms with Crippen LogP contribution in [0.25, 0.3) is 0 Å². The molecule has 4 nitrogen and oxygen atoms in total. The Morgan fingerprint density at radius 1 is 1.05 bits per heavy atom. The van der Waals surface area contributed by atoms with E-state index in [0.717, 1.165) is 31.0 Å². The van der Waals surface area contributed by atoms with Gasteiger partial charge in [0.15, 0.2) is 0 Å². The predicted molar refractivity (Wildman–Crippen MR) is 79.7 cm³/mol. The smallest absolute Gasteiger partial charge is 0.308 e. The van der Waals surface area contributed by atoms with Crippen molar-refractivity contribution < 1.29 is 19.0 Å². The van der Waals surface area contributed by atoms with Gasteiger partial charge in [0.05, 0.1) is 32.3 Å². The molecule has 0 heterocycles. The summed E-state index contributed by atoms with van der Waals surface area (Å²) in [5, 5.41) is 0.834. The van der Waals surface area contributed by atoms with Gasteiger partial charge in [0.2, 0.25) is 0 Å². The molecule has 5 heteroatoms. The van der Waals surface area contributed by atoms with Crippen molar-refractivity contribution in [2.24, 2.45) is 5.92 Å². The van der Waals surface area contributed by atoms with E-state index in [-0.39, 0.29) is 11.9 Å². The molecule has 0 aliphatic heterocycles. The van der Waals surface area contributed by atoms with Gasteiger partial charge in [0, 0.05) is 5.33 Å². The van der Waals surface area contributed by atoms with E-state index in [4.69, 9.17) is 14.2 Å². The number of rotatable bonds is 13. The Balaban J connectivity index is 3.45. The summed E-state index contributed by atoms with van der Waals surface area (Å²) in [6.45, 7) is 6.73. The average Bonchev–Trinajstić information content (AvgIpc) is 2.42. The molecule has 1 atom stereocenters. The van der Waals surface area contributed by atoms with Gasteiger partial charge in [-0.1, -0.05) is 42.6 Å². The van der Waals surface area contributed by atoms with Crippen LogP contribution in [0.15, 0.2) is 0 Å². The van der Waals surface area contributed by atoms with Crippen molar-refractivity contribution in [3.8, 4) is 0 Å². The van der Waals surface area contributed by atoms with Crippen LogP contribution in [0.3, 0.4) is 0 Å². The maximum Gasteiger partial charge on any atom is 0.308 e. The Hall–Kier alpha value is -0.130. The lowest BCUT2D eigenvalue weighted by Crippen LogP contribution is -2.20. The van der Waals surface area contributed by atoms with Crippen LogP contribution in [0.1, 0.15) is 39.5 Å². The zero-order chi connectivity index (χ0) is 14.3. The number of alkyl halides is 1. The molecular weight excluding hydrogens is 312 g/mol. The SMILES string of the molecule is CCCCC(CC)C(=O)OCCOCCOCCBr. The molecule has 0 rings (SSSR count). The standard InChI is InChI=1S/C14H27BrO4/c1-3-5-6-13(4-2)14(16)19-12-11-18-10-9-17-8-7-15/h13H,3-12H2,1-2H3. The first kappa shape index (κ1) is 18.9. The number of hydrogen-bond donors (Lipinski definition) is 0. The summed E-state index contributed by atoms with van der Waals surface area (Å²) in [5.41, 5.74) is 0. The zero-order valence-electron chi connectivity index (χ0n) is 12.2. The number of hydrogen-bond acceptors (Lipinski definition) is 4. The fraction of sp³-hybridized carbons (Fsp3) is 0.929. The van der Waals surface area contributed by atoms with E-state index in [9.17, 15) is 4.79 Å². The van der Waals surface area contributed by atoms with Crippen LogP contribution in [0, 0.1) is 5.92 Å². The molecule has 0 spiro atoms. The third kappa shape index (κ3) is 11.4. The fourth-order valence-corrected chi connectivity index (χ4v) is 1.86. The van der Waals surface area contributed by atoms with Crippen LogP contribution in [-0.4, -0.2) is 44.3 Å². The van der Waals surface area contributed by atoms with E-state index in [1.807, 2.05) is 6.92 Å². The van der Waals surface area contributed by atoms with E-state index in [1.165, 1.54) is 0 Å². The highest BCUT2D eigenvalue weighted by atomic mass is 79.9. The molecule has 0 bridgehead atoms. The molecular formula is C14H27BrO4. The molecule has 0 aliphatic carbocycles. The summed E-state index contributed by atoms with van der Waals surface area (Å²) >= 11 is 3.27. The molecule has 0 saturated carbocycles. The van der Waals surface area contributed by atoms with E-state index in [1.54, 1.807) is 0 Å². The minimum atomic E-state index is -0.0879. The lowest BCUT2D eigenvalue weighted by molar-refractivity contribution is -0.150. The Kier molecular flexibility index (Phi) is 14.2. The van der Waals surface area contributed by atoms with Crippen LogP contribution in [0.5, 0.6) is 0 Å². The van der Waals surface area contributed by atoms with Gasteiger partial charge >= 0.3 is 5.97 Å². The fourth-order valence-electron chi connectivity index (χ4n) is 1.63. The first-order valence-electron chi connectivity index (χ1n) is 7.14. The topological polar surface area (TPSA) is 44.8 Å². The highest BCUT2D eigenvalue weighted by molar-refractivity contribution is 9.09. The van der Waals surface area contributed by atoms with Crippen LogP contribution in [0.2, 0.25) is 0 Å². The number of ether oxygens (including phenoxy) is 3. The van der Waals surface area contributed by atoms with Gasteiger partial charge in [-0.3, -0.25) is 4.79 Å². The summed E-state index contributed by atoms with van der Waals surface area (Å²) in [7, 11) is 0. The predicted octanol–water partition coefficient (Wildman–Crippen LogP) is 3.17. The number of unbranched alkanes of at least 4 members (excludes halogenated alkanes) is 1. The van der Waals surface area contributed by atoms with Crippen LogP contribution >= 0.6 is 15.9 Å². The molecule has 0 amide bonds. The maximum atomic E-state index is 11.7. The molecule has 1 unspecified atom stereocenters. The highest BCUT2D eigenvalue weighted by Gasteiger charge is 2.16. The van der Waals surface area contributed by atoms with Gasteiger partial charge in [0.25, 0.3) is 0 Å². The summed E-state index contributed by atoms with van der Waals surface area (Å²) < 4.78 is 15.7. The largest absolute Gasteiger partial charge is 0.463 e. The second-order valence-electron chi connectivity index (χ2n) is 4.33. The third-order valence-corrected chi connectivity index (χ3v) is 3.12. The molecule has 0 N–H and O–H groups in total. The molecule has 0 aromatic rings. The molecule has 0 aromatic heterocycles. The van der Waals surface area contributed by atoms with Gasteiger partial charge in [-0.15, -0.1) is 0 Å². The molecule has 114 valence electrons. The van der Waals surface area contributed by atoms with Crippen LogP contribution in [0.4, 0.5) is 0 Å². The van der Waals surface area contributed by atoms with Crippen LogP contribution < -0.4 is 0 Å². The summed E-state index contributed by atoms with van der Waals surface area (Å²) in [6.07, 6.45) is 3.96. The average molecular weight is 339 g/mol. The van der Waals surface area contributed by atoms with E-state index in [0.29, 0.717) is 33.0 Å². The Labute approximate surface area is 125 Å². The first-order valence-corrected chi connectivity index (χ1v) is 8.26. The molecule has 0 aromatic carbocycles. The molecule has 0 aliphatic rings. The van der Waals surface area contributed by atoms with Gasteiger partial charge in [-0.2, -0.15) is 0 Å². The second-order valence-corrected chi connectivity index (χ2v) is 5.12. The monoisotopic (exact) mass is 338 g/mol. The van der Waals surface area contributed by atoms with E-state index >= 15 is 0 Å². The number of halogens is 1.